The first-order valence-electron chi connectivity index (χ1n) is 6.08. The van der Waals surface area contributed by atoms with Crippen molar-refractivity contribution in [3.8, 4) is 0 Å². The summed E-state index contributed by atoms with van der Waals surface area (Å²) in [5.74, 6) is 0. The first kappa shape index (κ1) is 12.5. The molecule has 0 fully saturated rings. The van der Waals surface area contributed by atoms with Gasteiger partial charge in [0.1, 0.15) is 0 Å². The number of hydrogen-bond acceptors (Lipinski definition) is 3. The molecule has 1 heterocycles. The quantitative estimate of drug-likeness (QED) is 0.869. The summed E-state index contributed by atoms with van der Waals surface area (Å²) in [5, 5.41) is 10.4. The fraction of sp³-hybridized carbons (Fsp3) is 0.357. The molecule has 2 N–H and O–H groups in total. The average Bonchev–Trinajstić information content (AvgIpc) is 2.73. The second kappa shape index (κ2) is 5.12. The van der Waals surface area contributed by atoms with Crippen molar-refractivity contribution in [1.82, 2.24) is 10.2 Å². The van der Waals surface area contributed by atoms with Crippen molar-refractivity contribution in [3.05, 3.63) is 41.2 Å². The molecule has 4 nitrogen and oxygen atoms in total. The van der Waals surface area contributed by atoms with E-state index in [0.717, 1.165) is 17.9 Å². The number of nitrogens with zero attached hydrogens (tertiary/aromatic N) is 2. The second-order valence-electron chi connectivity index (χ2n) is 4.77. The minimum absolute atomic E-state index is 0.790. The number of hydrogen-bond donors (Lipinski definition) is 2. The molecule has 2 rings (SSSR count). The summed E-state index contributed by atoms with van der Waals surface area (Å²) in [6, 6.07) is 6.42. The minimum atomic E-state index is 0.790. The highest BCUT2D eigenvalue weighted by molar-refractivity contribution is 5.61. The molecule has 0 saturated heterocycles. The van der Waals surface area contributed by atoms with Gasteiger partial charge >= 0.3 is 0 Å². The molecule has 0 radical (unpaired) electrons. The lowest BCUT2D eigenvalue weighted by Crippen LogP contribution is -2.11. The Morgan fingerprint density at radius 1 is 1.28 bits per heavy atom. The summed E-state index contributed by atoms with van der Waals surface area (Å²) in [5.41, 5.74) is 5.96. The third kappa shape index (κ3) is 2.64. The highest BCUT2D eigenvalue weighted by atomic mass is 15.1. The second-order valence-corrected chi connectivity index (χ2v) is 4.77. The standard InChI is InChI=1S/C14H20N4/c1-10-5-6-13(7-14(10)18(3)4)15-8-12-9-16-17-11(12)2/h5-7,9,15H,8H2,1-4H3,(H,16,17). The van der Waals surface area contributed by atoms with E-state index in [1.165, 1.54) is 16.8 Å². The van der Waals surface area contributed by atoms with Gasteiger partial charge in [0.25, 0.3) is 0 Å². The topological polar surface area (TPSA) is 44.0 Å². The summed E-state index contributed by atoms with van der Waals surface area (Å²) in [6.45, 7) is 4.95. The first-order chi connectivity index (χ1) is 8.58. The van der Waals surface area contributed by atoms with E-state index < -0.39 is 0 Å². The number of benzene rings is 1. The number of nitrogens with one attached hydrogen (secondary N) is 2. The molecule has 0 bridgehead atoms. The van der Waals surface area contributed by atoms with Crippen LogP contribution in [0.2, 0.25) is 0 Å². The molecule has 0 aliphatic rings. The van der Waals surface area contributed by atoms with Gasteiger partial charge in [-0.15, -0.1) is 0 Å². The van der Waals surface area contributed by atoms with Gasteiger partial charge < -0.3 is 10.2 Å². The number of aromatic amines is 1. The number of rotatable bonds is 4. The Balaban J connectivity index is 2.10. The zero-order valence-corrected chi connectivity index (χ0v) is 11.4. The third-order valence-corrected chi connectivity index (χ3v) is 3.11. The third-order valence-electron chi connectivity index (χ3n) is 3.11. The number of H-pyrrole nitrogens is 1. The highest BCUT2D eigenvalue weighted by Crippen LogP contribution is 2.22. The SMILES string of the molecule is Cc1ccc(NCc2cn[nH]c2C)cc1N(C)C. The molecule has 0 spiro atoms. The van der Waals surface area contributed by atoms with Crippen LogP contribution in [0.1, 0.15) is 16.8 Å². The molecule has 4 heteroatoms. The van der Waals surface area contributed by atoms with Gasteiger partial charge in [0.15, 0.2) is 0 Å². The van der Waals surface area contributed by atoms with E-state index in [4.69, 9.17) is 0 Å². The largest absolute Gasteiger partial charge is 0.381 e. The molecule has 0 aliphatic heterocycles. The summed E-state index contributed by atoms with van der Waals surface area (Å²) >= 11 is 0. The fourth-order valence-corrected chi connectivity index (χ4v) is 1.95. The summed E-state index contributed by atoms with van der Waals surface area (Å²) in [4.78, 5) is 2.13. The fourth-order valence-electron chi connectivity index (χ4n) is 1.95. The molecule has 96 valence electrons. The van der Waals surface area contributed by atoms with Crippen molar-refractivity contribution in [2.24, 2.45) is 0 Å². The molecule has 2 aromatic rings. The predicted molar refractivity (Wildman–Crippen MR) is 76.2 cm³/mol. The summed E-state index contributed by atoms with van der Waals surface area (Å²) < 4.78 is 0. The molecule has 0 aliphatic carbocycles. The van der Waals surface area contributed by atoms with E-state index >= 15 is 0 Å². The smallest absolute Gasteiger partial charge is 0.0539 e. The van der Waals surface area contributed by atoms with E-state index in [1.807, 2.05) is 13.1 Å². The lowest BCUT2D eigenvalue weighted by Gasteiger charge is -2.17. The van der Waals surface area contributed by atoms with Crippen LogP contribution in [0.4, 0.5) is 11.4 Å². The van der Waals surface area contributed by atoms with Gasteiger partial charge in [0.2, 0.25) is 0 Å². The lowest BCUT2D eigenvalue weighted by molar-refractivity contribution is 1.04. The van der Waals surface area contributed by atoms with Crippen LogP contribution in [0.25, 0.3) is 0 Å². The minimum Gasteiger partial charge on any atom is -0.381 e. The molecule has 0 unspecified atom stereocenters. The van der Waals surface area contributed by atoms with Crippen molar-refractivity contribution in [1.29, 1.82) is 0 Å². The van der Waals surface area contributed by atoms with Crippen LogP contribution in [0.5, 0.6) is 0 Å². The zero-order chi connectivity index (χ0) is 13.1. The maximum absolute atomic E-state index is 4.02. The molecule has 0 amide bonds. The lowest BCUT2D eigenvalue weighted by atomic mass is 10.1. The number of aryl methyl sites for hydroxylation is 2. The molecule has 1 aromatic heterocycles. The van der Waals surface area contributed by atoms with E-state index in [1.54, 1.807) is 0 Å². The van der Waals surface area contributed by atoms with Crippen molar-refractivity contribution in [2.45, 2.75) is 20.4 Å². The van der Waals surface area contributed by atoms with E-state index in [-0.39, 0.29) is 0 Å². The number of anilines is 2. The Morgan fingerprint density at radius 2 is 2.06 bits per heavy atom. The Hall–Kier alpha value is -1.97. The van der Waals surface area contributed by atoms with Crippen molar-refractivity contribution >= 4 is 11.4 Å². The van der Waals surface area contributed by atoms with Crippen LogP contribution in [-0.2, 0) is 6.54 Å². The van der Waals surface area contributed by atoms with Crippen LogP contribution >= 0.6 is 0 Å². The van der Waals surface area contributed by atoms with Gasteiger partial charge in [0, 0.05) is 43.3 Å². The zero-order valence-electron chi connectivity index (χ0n) is 11.4. The maximum Gasteiger partial charge on any atom is 0.0539 e. The number of aromatic nitrogens is 2. The van der Waals surface area contributed by atoms with E-state index in [9.17, 15) is 0 Å². The van der Waals surface area contributed by atoms with Gasteiger partial charge in [-0.1, -0.05) is 6.07 Å². The molecule has 0 atom stereocenters. The van der Waals surface area contributed by atoms with Crippen LogP contribution in [0.15, 0.2) is 24.4 Å². The molecular weight excluding hydrogens is 224 g/mol. The normalized spacial score (nSPS) is 10.4. The van der Waals surface area contributed by atoms with Crippen molar-refractivity contribution in [3.63, 3.8) is 0 Å². The highest BCUT2D eigenvalue weighted by Gasteiger charge is 2.04. The summed E-state index contributed by atoms with van der Waals surface area (Å²) in [7, 11) is 4.12. The van der Waals surface area contributed by atoms with Gasteiger partial charge in [0.05, 0.1) is 6.20 Å². The van der Waals surface area contributed by atoms with Crippen molar-refractivity contribution < 1.29 is 0 Å². The molecule has 0 saturated carbocycles. The van der Waals surface area contributed by atoms with E-state index in [0.29, 0.717) is 0 Å². The van der Waals surface area contributed by atoms with Crippen LogP contribution < -0.4 is 10.2 Å². The van der Waals surface area contributed by atoms with Gasteiger partial charge in [-0.3, -0.25) is 5.10 Å². The average molecular weight is 244 g/mol. The Morgan fingerprint density at radius 3 is 2.67 bits per heavy atom. The van der Waals surface area contributed by atoms with Crippen molar-refractivity contribution in [2.75, 3.05) is 24.3 Å². The van der Waals surface area contributed by atoms with Crippen LogP contribution in [-0.4, -0.2) is 24.3 Å². The molecular formula is C14H20N4. The van der Waals surface area contributed by atoms with Gasteiger partial charge in [-0.25, -0.2) is 0 Å². The monoisotopic (exact) mass is 244 g/mol. The summed E-state index contributed by atoms with van der Waals surface area (Å²) in [6.07, 6.45) is 1.86. The first-order valence-corrected chi connectivity index (χ1v) is 6.08. The van der Waals surface area contributed by atoms with E-state index in [2.05, 4.69) is 59.6 Å². The molecule has 18 heavy (non-hydrogen) atoms. The Bertz CT molecular complexity index is 528. The Labute approximate surface area is 108 Å². The van der Waals surface area contributed by atoms with Crippen LogP contribution in [0, 0.1) is 13.8 Å². The predicted octanol–water partition coefficient (Wildman–Crippen LogP) is 2.70. The van der Waals surface area contributed by atoms with Gasteiger partial charge in [-0.05, 0) is 31.5 Å². The maximum atomic E-state index is 4.02. The Kier molecular flexibility index (Phi) is 3.55. The molecule has 1 aromatic carbocycles. The van der Waals surface area contributed by atoms with Gasteiger partial charge in [-0.2, -0.15) is 5.10 Å². The van der Waals surface area contributed by atoms with Crippen LogP contribution in [0.3, 0.4) is 0 Å².